The van der Waals surface area contributed by atoms with E-state index >= 15 is 0 Å². The van der Waals surface area contributed by atoms with Crippen LogP contribution in [0.1, 0.15) is 47.1 Å². The SMILES string of the molecule is CC(C)(C)[Si](OC[C@H]1OC(n2ccc(=O)[nH]c2=O)=C(c2ccccc2)[C@@H]1O[Si](c1ccccc1)(c1ccccc1)C(C)(C)C)(c1ccccc1)c1ccccc1. The van der Waals surface area contributed by atoms with E-state index in [-0.39, 0.29) is 16.7 Å². The van der Waals surface area contributed by atoms with Gasteiger partial charge in [-0.1, -0.05) is 193 Å². The van der Waals surface area contributed by atoms with Gasteiger partial charge in [-0.05, 0) is 36.4 Å². The molecular formula is C47H50N2O5Si2. The van der Waals surface area contributed by atoms with E-state index in [2.05, 4.69) is 144 Å². The lowest BCUT2D eigenvalue weighted by Gasteiger charge is -2.46. The monoisotopic (exact) mass is 778 g/mol. The number of nitrogens with zero attached hydrogens (tertiary/aromatic N) is 1. The van der Waals surface area contributed by atoms with Crippen LogP contribution in [0.25, 0.3) is 11.5 Å². The summed E-state index contributed by atoms with van der Waals surface area (Å²) in [4.78, 5) is 28.5. The van der Waals surface area contributed by atoms with Crippen LogP contribution in [0.2, 0.25) is 10.1 Å². The van der Waals surface area contributed by atoms with Crippen molar-refractivity contribution in [2.45, 2.75) is 63.8 Å². The molecule has 0 saturated carbocycles. The van der Waals surface area contributed by atoms with Crippen molar-refractivity contribution >= 4 is 48.8 Å². The highest BCUT2D eigenvalue weighted by atomic mass is 28.4. The average molecular weight is 779 g/mol. The van der Waals surface area contributed by atoms with Crippen LogP contribution in [-0.4, -0.2) is 45.0 Å². The standard InChI is InChI=1S/C47H50N2O5Si2/c1-46(2,3)55(36-24-14-8-15-25-36,37-26-16-9-17-27-37)52-34-40-43(42(35-22-12-7-13-23-35)44(53-40)49-33-32-41(50)48-45(49)51)54-56(47(4,5)6,38-28-18-10-19-29-38)39-30-20-11-21-31-39/h7-33,40,43H,34H2,1-6H3,(H,48,50,51)/t40-,43-/m1/s1. The Bertz CT molecular complexity index is 2310. The fraction of sp³-hybridized carbons (Fsp3) is 0.234. The second-order valence-corrected chi connectivity index (χ2v) is 25.0. The maximum atomic E-state index is 13.7. The Morgan fingerprint density at radius 3 is 1.41 bits per heavy atom. The Balaban J connectivity index is 1.48. The van der Waals surface area contributed by atoms with Crippen molar-refractivity contribution in [3.05, 3.63) is 190 Å². The number of hydrogen-bond donors (Lipinski definition) is 1. The molecule has 0 spiro atoms. The number of rotatable bonds is 11. The van der Waals surface area contributed by atoms with E-state index in [4.69, 9.17) is 13.6 Å². The van der Waals surface area contributed by atoms with E-state index in [1.165, 1.54) is 16.8 Å². The normalized spacial score (nSPS) is 16.5. The highest BCUT2D eigenvalue weighted by Crippen LogP contribution is 2.45. The zero-order valence-electron chi connectivity index (χ0n) is 32.9. The number of benzene rings is 5. The van der Waals surface area contributed by atoms with Crippen molar-refractivity contribution in [3.63, 3.8) is 0 Å². The predicted molar refractivity (Wildman–Crippen MR) is 232 cm³/mol. The Hall–Kier alpha value is -5.33. The maximum Gasteiger partial charge on any atom is 0.335 e. The molecule has 5 aromatic carbocycles. The van der Waals surface area contributed by atoms with Crippen molar-refractivity contribution in [2.24, 2.45) is 0 Å². The fourth-order valence-electron chi connectivity index (χ4n) is 8.35. The van der Waals surface area contributed by atoms with Gasteiger partial charge >= 0.3 is 5.69 Å². The van der Waals surface area contributed by atoms with Crippen LogP contribution >= 0.6 is 0 Å². The minimum atomic E-state index is -3.23. The Labute approximate surface area is 331 Å². The lowest BCUT2D eigenvalue weighted by molar-refractivity contribution is 0.0387. The molecule has 0 fully saturated rings. The molecule has 6 aromatic rings. The third-order valence-corrected chi connectivity index (χ3v) is 20.9. The molecule has 286 valence electrons. The predicted octanol–water partition coefficient (Wildman–Crippen LogP) is 6.78. The molecule has 0 unspecified atom stereocenters. The van der Waals surface area contributed by atoms with E-state index in [0.717, 1.165) is 26.3 Å². The molecule has 9 heteroatoms. The van der Waals surface area contributed by atoms with Gasteiger partial charge in [0.1, 0.15) is 6.10 Å². The van der Waals surface area contributed by atoms with E-state index in [9.17, 15) is 9.59 Å². The zero-order chi connectivity index (χ0) is 39.6. The minimum Gasteiger partial charge on any atom is -0.469 e. The summed E-state index contributed by atoms with van der Waals surface area (Å²) in [5.74, 6) is 0.302. The minimum absolute atomic E-state index is 0.161. The smallest absolute Gasteiger partial charge is 0.335 e. The highest BCUT2D eigenvalue weighted by Gasteiger charge is 2.56. The van der Waals surface area contributed by atoms with Gasteiger partial charge in [-0.3, -0.25) is 9.78 Å². The molecule has 1 aromatic heterocycles. The van der Waals surface area contributed by atoms with Gasteiger partial charge in [0, 0.05) is 12.3 Å². The quantitative estimate of drug-likeness (QED) is 0.147. The van der Waals surface area contributed by atoms with Crippen molar-refractivity contribution in [2.75, 3.05) is 6.61 Å². The summed E-state index contributed by atoms with van der Waals surface area (Å²) in [5.41, 5.74) is 0.469. The van der Waals surface area contributed by atoms with Crippen LogP contribution in [0.5, 0.6) is 0 Å². The van der Waals surface area contributed by atoms with Crippen LogP contribution in [0.3, 0.4) is 0 Å². The van der Waals surface area contributed by atoms with Crippen LogP contribution < -0.4 is 32.0 Å². The van der Waals surface area contributed by atoms with Gasteiger partial charge in [0.25, 0.3) is 22.2 Å². The molecule has 0 radical (unpaired) electrons. The van der Waals surface area contributed by atoms with Gasteiger partial charge in [-0.25, -0.2) is 9.36 Å². The molecule has 0 amide bonds. The van der Waals surface area contributed by atoms with E-state index in [1.807, 2.05) is 54.6 Å². The molecule has 1 aliphatic heterocycles. The van der Waals surface area contributed by atoms with Gasteiger partial charge in [0.2, 0.25) is 5.88 Å². The van der Waals surface area contributed by atoms with Crippen molar-refractivity contribution in [3.8, 4) is 0 Å². The summed E-state index contributed by atoms with van der Waals surface area (Å²) >= 11 is 0. The highest BCUT2D eigenvalue weighted by molar-refractivity contribution is 7.00. The molecule has 1 N–H and O–H groups in total. The van der Waals surface area contributed by atoms with Gasteiger partial charge in [0.15, 0.2) is 6.10 Å². The second-order valence-electron chi connectivity index (χ2n) is 16.4. The van der Waals surface area contributed by atoms with Crippen LogP contribution in [0.4, 0.5) is 0 Å². The Morgan fingerprint density at radius 1 is 0.589 bits per heavy atom. The number of hydrogen-bond acceptors (Lipinski definition) is 5. The third kappa shape index (κ3) is 7.12. The van der Waals surface area contributed by atoms with E-state index in [1.54, 1.807) is 0 Å². The maximum absolute atomic E-state index is 13.7. The second kappa shape index (κ2) is 15.7. The molecule has 0 aliphatic carbocycles. The Morgan fingerprint density at radius 2 is 1.00 bits per heavy atom. The van der Waals surface area contributed by atoms with E-state index in [0.29, 0.717) is 11.5 Å². The van der Waals surface area contributed by atoms with Crippen molar-refractivity contribution in [1.29, 1.82) is 0 Å². The van der Waals surface area contributed by atoms with Crippen LogP contribution in [0, 0.1) is 0 Å². The van der Waals surface area contributed by atoms with Crippen molar-refractivity contribution < 1.29 is 13.6 Å². The molecule has 0 saturated heterocycles. The first-order valence-corrected chi connectivity index (χ1v) is 23.0. The topological polar surface area (TPSA) is 82.5 Å². The summed E-state index contributed by atoms with van der Waals surface area (Å²) in [7, 11) is -6.28. The average Bonchev–Trinajstić information content (AvgIpc) is 3.55. The van der Waals surface area contributed by atoms with Crippen molar-refractivity contribution in [1.82, 2.24) is 9.55 Å². The number of H-pyrrole nitrogens is 1. The molecule has 1 aliphatic rings. The summed E-state index contributed by atoms with van der Waals surface area (Å²) in [6.45, 7) is 13.7. The first-order valence-electron chi connectivity index (χ1n) is 19.2. The van der Waals surface area contributed by atoms with E-state index < -0.39 is 40.1 Å². The number of ether oxygens (including phenoxy) is 1. The summed E-state index contributed by atoms with van der Waals surface area (Å²) in [6.07, 6.45) is 0.0862. The summed E-state index contributed by atoms with van der Waals surface area (Å²) in [5, 5.41) is 3.87. The molecule has 7 nitrogen and oxygen atoms in total. The molecule has 7 rings (SSSR count). The van der Waals surface area contributed by atoms with Gasteiger partial charge in [-0.2, -0.15) is 0 Å². The summed E-state index contributed by atoms with van der Waals surface area (Å²) in [6, 6.07) is 53.4. The first-order chi connectivity index (χ1) is 26.9. The molecule has 56 heavy (non-hydrogen) atoms. The van der Waals surface area contributed by atoms with Gasteiger partial charge in [0.05, 0.1) is 12.2 Å². The molecule has 0 bridgehead atoms. The largest absolute Gasteiger partial charge is 0.469 e. The molecular weight excluding hydrogens is 729 g/mol. The lowest BCUT2D eigenvalue weighted by atomic mass is 9.99. The van der Waals surface area contributed by atoms with Crippen LogP contribution in [-0.2, 0) is 13.6 Å². The summed E-state index contributed by atoms with van der Waals surface area (Å²) < 4.78 is 24.0. The number of aromatic nitrogens is 2. The van der Waals surface area contributed by atoms with Gasteiger partial charge < -0.3 is 13.6 Å². The number of aromatic amines is 1. The molecule has 2 atom stereocenters. The van der Waals surface area contributed by atoms with Crippen LogP contribution in [0.15, 0.2) is 174 Å². The first kappa shape index (κ1) is 38.9. The lowest BCUT2D eigenvalue weighted by Crippen LogP contribution is -2.69. The third-order valence-electron chi connectivity index (χ3n) is 10.8. The zero-order valence-corrected chi connectivity index (χ0v) is 34.9. The number of nitrogens with one attached hydrogen (secondary N) is 1. The Kier molecular flexibility index (Phi) is 10.9. The van der Waals surface area contributed by atoms with Gasteiger partial charge in [-0.15, -0.1) is 0 Å². The molecule has 2 heterocycles. The fourth-order valence-corrected chi connectivity index (χ4v) is 17.6.